The largest absolute Gasteiger partial charge is 0.335 e. The number of thiazole rings is 1. The molecule has 1 aliphatic heterocycles. The fourth-order valence-corrected chi connectivity index (χ4v) is 3.90. The van der Waals surface area contributed by atoms with E-state index in [0.717, 1.165) is 23.7 Å². The number of nitriles is 1. The average molecular weight is 334 g/mol. The van der Waals surface area contributed by atoms with Crippen molar-refractivity contribution in [2.24, 2.45) is 5.92 Å². The Morgan fingerprint density at radius 1 is 1.30 bits per heavy atom. The maximum atomic E-state index is 12.8. The Morgan fingerprint density at radius 2 is 1.91 bits per heavy atom. The van der Waals surface area contributed by atoms with E-state index in [1.807, 2.05) is 4.90 Å². The Kier molecular flexibility index (Phi) is 5.43. The summed E-state index contributed by atoms with van der Waals surface area (Å²) in [7, 11) is 0. The molecule has 0 radical (unpaired) electrons. The first-order valence-corrected chi connectivity index (χ1v) is 9.00. The SMILES string of the molecule is CC(C)[C@H](C#N)N1CCN(C(=O)c2scnc2C(C)(C)C)CC1. The summed E-state index contributed by atoms with van der Waals surface area (Å²) in [5.41, 5.74) is 2.51. The molecule has 23 heavy (non-hydrogen) atoms. The van der Waals surface area contributed by atoms with E-state index in [9.17, 15) is 10.1 Å². The Labute approximate surface area is 142 Å². The van der Waals surface area contributed by atoms with Crippen LogP contribution in [0.2, 0.25) is 0 Å². The van der Waals surface area contributed by atoms with Crippen molar-refractivity contribution in [1.29, 1.82) is 5.26 Å². The highest BCUT2D eigenvalue weighted by Crippen LogP contribution is 2.28. The topological polar surface area (TPSA) is 60.2 Å². The predicted octanol–water partition coefficient (Wildman–Crippen LogP) is 2.75. The number of hydrogen-bond donors (Lipinski definition) is 0. The van der Waals surface area contributed by atoms with E-state index in [1.54, 1.807) is 5.51 Å². The van der Waals surface area contributed by atoms with Gasteiger partial charge in [0.15, 0.2) is 0 Å². The summed E-state index contributed by atoms with van der Waals surface area (Å²) in [6, 6.07) is 2.32. The Hall–Kier alpha value is -1.45. The van der Waals surface area contributed by atoms with E-state index in [2.05, 4.69) is 50.6 Å². The lowest BCUT2D eigenvalue weighted by molar-refractivity contribution is 0.0579. The van der Waals surface area contributed by atoms with E-state index < -0.39 is 0 Å². The number of rotatable bonds is 3. The first-order valence-electron chi connectivity index (χ1n) is 8.12. The third-order valence-corrected chi connectivity index (χ3v) is 5.05. The minimum Gasteiger partial charge on any atom is -0.335 e. The molecule has 0 spiro atoms. The Balaban J connectivity index is 2.05. The molecule has 1 aromatic rings. The second kappa shape index (κ2) is 6.98. The van der Waals surface area contributed by atoms with Crippen molar-refractivity contribution < 1.29 is 4.79 Å². The fraction of sp³-hybridized carbons (Fsp3) is 0.706. The van der Waals surface area contributed by atoms with Crippen LogP contribution < -0.4 is 0 Å². The van der Waals surface area contributed by atoms with Crippen LogP contribution in [0.4, 0.5) is 0 Å². The van der Waals surface area contributed by atoms with Gasteiger partial charge in [0.25, 0.3) is 5.91 Å². The molecule has 1 fully saturated rings. The van der Waals surface area contributed by atoms with Crippen LogP contribution in [-0.4, -0.2) is 52.9 Å². The highest BCUT2D eigenvalue weighted by molar-refractivity contribution is 7.11. The highest BCUT2D eigenvalue weighted by Gasteiger charge is 2.31. The number of nitrogens with zero attached hydrogens (tertiary/aromatic N) is 4. The molecule has 126 valence electrons. The molecule has 5 nitrogen and oxygen atoms in total. The van der Waals surface area contributed by atoms with Gasteiger partial charge in [-0.2, -0.15) is 5.26 Å². The lowest BCUT2D eigenvalue weighted by atomic mass is 9.91. The fourth-order valence-electron chi connectivity index (χ4n) is 2.93. The number of amides is 1. The minimum absolute atomic E-state index is 0.0687. The molecule has 2 rings (SSSR count). The first-order chi connectivity index (χ1) is 10.8. The van der Waals surface area contributed by atoms with Gasteiger partial charge in [-0.3, -0.25) is 9.69 Å². The summed E-state index contributed by atoms with van der Waals surface area (Å²) in [5.74, 6) is 0.381. The van der Waals surface area contributed by atoms with E-state index in [1.165, 1.54) is 11.3 Å². The molecular formula is C17H26N4OS. The summed E-state index contributed by atoms with van der Waals surface area (Å²) in [4.78, 5) is 22.1. The van der Waals surface area contributed by atoms with Crippen molar-refractivity contribution in [2.45, 2.75) is 46.1 Å². The molecule has 1 amide bonds. The van der Waals surface area contributed by atoms with Gasteiger partial charge in [-0.15, -0.1) is 11.3 Å². The monoisotopic (exact) mass is 334 g/mol. The quantitative estimate of drug-likeness (QED) is 0.853. The smallest absolute Gasteiger partial charge is 0.265 e. The molecule has 0 saturated carbocycles. The van der Waals surface area contributed by atoms with Gasteiger partial charge in [-0.25, -0.2) is 4.98 Å². The Bertz CT molecular complexity index is 588. The number of aromatic nitrogens is 1. The van der Waals surface area contributed by atoms with E-state index in [-0.39, 0.29) is 17.4 Å². The molecule has 6 heteroatoms. The van der Waals surface area contributed by atoms with Crippen molar-refractivity contribution in [2.75, 3.05) is 26.2 Å². The molecule has 1 aromatic heterocycles. The number of carbonyl (C=O) groups excluding carboxylic acids is 1. The molecular weight excluding hydrogens is 308 g/mol. The summed E-state index contributed by atoms with van der Waals surface area (Å²) in [6.45, 7) is 13.2. The van der Waals surface area contributed by atoms with Gasteiger partial charge in [-0.1, -0.05) is 34.6 Å². The lowest BCUT2D eigenvalue weighted by Gasteiger charge is -2.38. The van der Waals surface area contributed by atoms with Crippen molar-refractivity contribution >= 4 is 17.2 Å². The van der Waals surface area contributed by atoms with Crippen LogP contribution in [0.15, 0.2) is 5.51 Å². The summed E-state index contributed by atoms with van der Waals surface area (Å²) in [6.07, 6.45) is 0. The van der Waals surface area contributed by atoms with Crippen molar-refractivity contribution in [1.82, 2.24) is 14.8 Å². The van der Waals surface area contributed by atoms with Gasteiger partial charge in [-0.05, 0) is 5.92 Å². The maximum absolute atomic E-state index is 12.8. The van der Waals surface area contributed by atoms with E-state index >= 15 is 0 Å². The van der Waals surface area contributed by atoms with Crippen LogP contribution in [0, 0.1) is 17.2 Å². The number of piperazine rings is 1. The van der Waals surface area contributed by atoms with Crippen molar-refractivity contribution in [3.8, 4) is 6.07 Å². The molecule has 1 saturated heterocycles. The van der Waals surface area contributed by atoms with Gasteiger partial charge in [0.1, 0.15) is 10.9 Å². The number of carbonyl (C=O) groups is 1. The maximum Gasteiger partial charge on any atom is 0.265 e. The van der Waals surface area contributed by atoms with Gasteiger partial charge in [0.2, 0.25) is 0 Å². The normalized spacial score (nSPS) is 18.0. The molecule has 0 N–H and O–H groups in total. The first kappa shape index (κ1) is 17.9. The van der Waals surface area contributed by atoms with Crippen LogP contribution in [-0.2, 0) is 5.41 Å². The summed E-state index contributed by atoms with van der Waals surface area (Å²) >= 11 is 1.43. The zero-order valence-electron chi connectivity index (χ0n) is 14.7. The highest BCUT2D eigenvalue weighted by atomic mass is 32.1. The molecule has 1 atom stereocenters. The average Bonchev–Trinajstić information content (AvgIpc) is 2.97. The van der Waals surface area contributed by atoms with Crippen molar-refractivity contribution in [3.05, 3.63) is 16.1 Å². The van der Waals surface area contributed by atoms with E-state index in [0.29, 0.717) is 19.0 Å². The van der Waals surface area contributed by atoms with E-state index in [4.69, 9.17) is 0 Å². The molecule has 2 heterocycles. The molecule has 0 bridgehead atoms. The van der Waals surface area contributed by atoms with Crippen LogP contribution in [0.3, 0.4) is 0 Å². The minimum atomic E-state index is -0.129. The molecule has 0 aliphatic carbocycles. The second-order valence-electron chi connectivity index (χ2n) is 7.43. The van der Waals surface area contributed by atoms with Gasteiger partial charge in [0.05, 0.1) is 17.3 Å². The molecule has 1 aliphatic rings. The summed E-state index contributed by atoms with van der Waals surface area (Å²) < 4.78 is 0. The zero-order chi connectivity index (χ0) is 17.2. The van der Waals surface area contributed by atoms with Crippen LogP contribution in [0.5, 0.6) is 0 Å². The molecule has 0 aromatic carbocycles. The van der Waals surface area contributed by atoms with Crippen LogP contribution in [0.1, 0.15) is 50.0 Å². The van der Waals surface area contributed by atoms with Gasteiger partial charge < -0.3 is 4.90 Å². The Morgan fingerprint density at radius 3 is 2.39 bits per heavy atom. The third-order valence-electron chi connectivity index (χ3n) is 4.23. The zero-order valence-corrected chi connectivity index (χ0v) is 15.5. The third kappa shape index (κ3) is 3.91. The van der Waals surface area contributed by atoms with Gasteiger partial charge in [0, 0.05) is 31.6 Å². The lowest BCUT2D eigenvalue weighted by Crippen LogP contribution is -2.52. The summed E-state index contributed by atoms with van der Waals surface area (Å²) in [5, 5.41) is 9.32. The standard InChI is InChI=1S/C17H26N4OS/c1-12(2)13(10-18)20-6-8-21(9-7-20)16(22)14-15(17(3,4)5)19-11-23-14/h11-13H,6-9H2,1-5H3/t13-/m0/s1. The van der Waals surface area contributed by atoms with Gasteiger partial charge >= 0.3 is 0 Å². The second-order valence-corrected chi connectivity index (χ2v) is 8.28. The molecule has 0 unspecified atom stereocenters. The predicted molar refractivity (Wildman–Crippen MR) is 92.5 cm³/mol. The van der Waals surface area contributed by atoms with Crippen molar-refractivity contribution in [3.63, 3.8) is 0 Å². The van der Waals surface area contributed by atoms with Crippen LogP contribution >= 0.6 is 11.3 Å². The van der Waals surface area contributed by atoms with Crippen LogP contribution in [0.25, 0.3) is 0 Å². The number of hydrogen-bond acceptors (Lipinski definition) is 5.